The minimum absolute atomic E-state index is 0.0327. The molecule has 2 heterocycles. The quantitative estimate of drug-likeness (QED) is 0.756. The molecule has 0 N–H and O–H groups in total. The predicted octanol–water partition coefficient (Wildman–Crippen LogP) is 1.25. The average molecular weight is 379 g/mol. The summed E-state index contributed by atoms with van der Waals surface area (Å²) in [7, 11) is -1.38. The molecule has 1 saturated heterocycles. The third-order valence-corrected chi connectivity index (χ3v) is 6.82. The molecule has 26 heavy (non-hydrogen) atoms. The number of aryl methyl sites for hydroxylation is 2. The van der Waals surface area contributed by atoms with Crippen molar-refractivity contribution in [3.05, 3.63) is 34.7 Å². The van der Waals surface area contributed by atoms with Crippen LogP contribution in [0.3, 0.4) is 0 Å². The lowest BCUT2D eigenvalue weighted by Gasteiger charge is -2.23. The summed E-state index contributed by atoms with van der Waals surface area (Å²) in [5.74, 6) is 0.0378. The second-order valence-corrected chi connectivity index (χ2v) is 9.11. The Kier molecular flexibility index (Phi) is 5.22. The lowest BCUT2D eigenvalue weighted by molar-refractivity contribution is -0.131. The van der Waals surface area contributed by atoms with Gasteiger partial charge in [0.2, 0.25) is 5.91 Å². The highest BCUT2D eigenvalue weighted by molar-refractivity contribution is 7.91. The van der Waals surface area contributed by atoms with E-state index in [-0.39, 0.29) is 35.6 Å². The highest BCUT2D eigenvalue weighted by Gasteiger charge is 2.32. The fraction of sp³-hybridized carbons (Fsp3) is 0.556. The van der Waals surface area contributed by atoms with Crippen LogP contribution >= 0.6 is 0 Å². The van der Waals surface area contributed by atoms with E-state index in [0.717, 1.165) is 17.5 Å². The maximum absolute atomic E-state index is 12.7. The van der Waals surface area contributed by atoms with Crippen molar-refractivity contribution in [3.8, 4) is 0 Å². The van der Waals surface area contributed by atoms with Crippen molar-refractivity contribution in [3.63, 3.8) is 0 Å². The van der Waals surface area contributed by atoms with Crippen LogP contribution in [0.5, 0.6) is 0 Å². The van der Waals surface area contributed by atoms with Crippen LogP contribution in [0.2, 0.25) is 0 Å². The summed E-state index contributed by atoms with van der Waals surface area (Å²) < 4.78 is 26.6. The second kappa shape index (κ2) is 7.26. The normalized spacial score (nSPS) is 19.1. The van der Waals surface area contributed by atoms with Gasteiger partial charge in [-0.05, 0) is 25.0 Å². The van der Waals surface area contributed by atoms with Crippen molar-refractivity contribution in [1.82, 2.24) is 14.0 Å². The van der Waals surface area contributed by atoms with E-state index in [1.165, 1.54) is 4.90 Å². The smallest absolute Gasteiger partial charge is 0.329 e. The van der Waals surface area contributed by atoms with E-state index in [4.69, 9.17) is 0 Å². The van der Waals surface area contributed by atoms with Crippen molar-refractivity contribution in [1.29, 1.82) is 0 Å². The molecular formula is C18H25N3O4S. The van der Waals surface area contributed by atoms with Gasteiger partial charge in [-0.3, -0.25) is 13.9 Å². The maximum atomic E-state index is 12.7. The Hall–Kier alpha value is -2.09. The van der Waals surface area contributed by atoms with Crippen molar-refractivity contribution in [2.75, 3.05) is 18.6 Å². The van der Waals surface area contributed by atoms with Crippen LogP contribution in [0.15, 0.2) is 29.1 Å². The Morgan fingerprint density at radius 1 is 1.19 bits per heavy atom. The first kappa shape index (κ1) is 18.7. The number of hydrogen-bond acceptors (Lipinski definition) is 4. The number of nitrogens with zero attached hydrogens (tertiary/aromatic N) is 3. The molecule has 0 spiro atoms. The molecule has 0 unspecified atom stereocenters. The van der Waals surface area contributed by atoms with Gasteiger partial charge in [0.25, 0.3) is 0 Å². The molecule has 1 amide bonds. The first-order chi connectivity index (χ1) is 12.3. The molecule has 1 atom stereocenters. The van der Waals surface area contributed by atoms with Gasteiger partial charge in [-0.25, -0.2) is 13.2 Å². The zero-order valence-electron chi connectivity index (χ0n) is 15.2. The van der Waals surface area contributed by atoms with Crippen LogP contribution in [0, 0.1) is 0 Å². The summed E-state index contributed by atoms with van der Waals surface area (Å²) in [5.41, 5.74) is 1.60. The summed E-state index contributed by atoms with van der Waals surface area (Å²) in [5, 5.41) is 0. The fourth-order valence-corrected chi connectivity index (χ4v) is 5.37. The van der Waals surface area contributed by atoms with E-state index in [0.29, 0.717) is 19.5 Å². The van der Waals surface area contributed by atoms with Crippen LogP contribution < -0.4 is 5.69 Å². The number of carbonyl (C=O) groups is 1. The third-order valence-electron chi connectivity index (χ3n) is 5.07. The Morgan fingerprint density at radius 2 is 1.81 bits per heavy atom. The monoisotopic (exact) mass is 379 g/mol. The lowest BCUT2D eigenvalue weighted by Crippen LogP contribution is -2.38. The van der Waals surface area contributed by atoms with Crippen LogP contribution in [-0.2, 0) is 27.7 Å². The first-order valence-corrected chi connectivity index (χ1v) is 10.8. The summed E-state index contributed by atoms with van der Waals surface area (Å²) in [4.78, 5) is 26.8. The van der Waals surface area contributed by atoms with Gasteiger partial charge in [-0.15, -0.1) is 0 Å². The number of hydrogen-bond donors (Lipinski definition) is 0. The Balaban J connectivity index is 1.76. The van der Waals surface area contributed by atoms with Crippen LogP contribution in [0.1, 0.15) is 26.2 Å². The Morgan fingerprint density at radius 3 is 2.35 bits per heavy atom. The number of benzene rings is 1. The molecule has 1 fully saturated rings. The van der Waals surface area contributed by atoms with Gasteiger partial charge < -0.3 is 4.90 Å². The van der Waals surface area contributed by atoms with Crippen molar-refractivity contribution < 1.29 is 13.2 Å². The van der Waals surface area contributed by atoms with E-state index in [9.17, 15) is 18.0 Å². The molecule has 1 aromatic carbocycles. The summed E-state index contributed by atoms with van der Waals surface area (Å²) in [6.45, 7) is 2.95. The number of fused-ring (bicyclic) bond motifs is 1. The molecule has 7 nitrogen and oxygen atoms in total. The molecular weight excluding hydrogens is 354 g/mol. The lowest BCUT2D eigenvalue weighted by atomic mass is 10.2. The number of carbonyl (C=O) groups excluding carboxylic acids is 1. The molecule has 142 valence electrons. The fourth-order valence-electron chi connectivity index (χ4n) is 3.60. The van der Waals surface area contributed by atoms with Crippen LogP contribution in [0.25, 0.3) is 11.0 Å². The molecule has 1 aromatic heterocycles. The van der Waals surface area contributed by atoms with E-state index >= 15 is 0 Å². The highest BCUT2D eigenvalue weighted by atomic mass is 32.2. The third kappa shape index (κ3) is 3.56. The maximum Gasteiger partial charge on any atom is 0.329 e. The van der Waals surface area contributed by atoms with E-state index in [1.54, 1.807) is 16.2 Å². The number of rotatable bonds is 6. The van der Waals surface area contributed by atoms with Crippen molar-refractivity contribution in [2.45, 2.75) is 45.3 Å². The van der Waals surface area contributed by atoms with Gasteiger partial charge in [0.15, 0.2) is 9.84 Å². The Bertz CT molecular complexity index is 974. The minimum Gasteiger partial charge on any atom is -0.342 e. The average Bonchev–Trinajstić information content (AvgIpc) is 3.10. The second-order valence-electron chi connectivity index (χ2n) is 6.89. The summed E-state index contributed by atoms with van der Waals surface area (Å²) in [6.07, 6.45) is 1.51. The number of imidazole rings is 1. The molecule has 0 bridgehead atoms. The van der Waals surface area contributed by atoms with Crippen molar-refractivity contribution >= 4 is 26.8 Å². The molecule has 1 aliphatic rings. The molecule has 0 saturated carbocycles. The van der Waals surface area contributed by atoms with Crippen molar-refractivity contribution in [2.24, 2.45) is 0 Å². The van der Waals surface area contributed by atoms with E-state index < -0.39 is 9.84 Å². The van der Waals surface area contributed by atoms with Gasteiger partial charge in [0.05, 0.1) is 22.5 Å². The molecule has 0 radical (unpaired) electrons. The largest absolute Gasteiger partial charge is 0.342 e. The van der Waals surface area contributed by atoms with Gasteiger partial charge in [0.1, 0.15) is 0 Å². The molecule has 0 aliphatic carbocycles. The number of sulfone groups is 1. The van der Waals surface area contributed by atoms with Gasteiger partial charge in [-0.2, -0.15) is 0 Å². The van der Waals surface area contributed by atoms with Gasteiger partial charge >= 0.3 is 5.69 Å². The number of amides is 1. The highest BCUT2D eigenvalue weighted by Crippen LogP contribution is 2.18. The first-order valence-electron chi connectivity index (χ1n) is 8.98. The molecule has 8 heteroatoms. The molecule has 3 rings (SSSR count). The predicted molar refractivity (Wildman–Crippen MR) is 101 cm³/mol. The zero-order valence-corrected chi connectivity index (χ0v) is 16.0. The zero-order chi connectivity index (χ0) is 18.9. The topological polar surface area (TPSA) is 81.4 Å². The van der Waals surface area contributed by atoms with Gasteiger partial charge in [0, 0.05) is 32.6 Å². The number of aromatic nitrogens is 2. The summed E-state index contributed by atoms with van der Waals surface area (Å²) >= 11 is 0. The standard InChI is InChI=1S/C18H25N3O4S/c1-3-10-20-15-6-4-5-7-16(15)21(18(20)23)11-8-17(22)19(2)14-9-12-26(24,25)13-14/h4-7,14H,3,8-13H2,1-2H3/t14-/m1/s1. The van der Waals surface area contributed by atoms with Gasteiger partial charge in [-0.1, -0.05) is 19.1 Å². The van der Waals surface area contributed by atoms with E-state index in [2.05, 4.69) is 0 Å². The molecule has 2 aromatic rings. The van der Waals surface area contributed by atoms with Crippen LogP contribution in [0.4, 0.5) is 0 Å². The summed E-state index contributed by atoms with van der Waals surface area (Å²) in [6, 6.07) is 7.33. The molecule has 1 aliphatic heterocycles. The number of para-hydroxylation sites is 2. The minimum atomic E-state index is -3.03. The Labute approximate surface area is 153 Å². The van der Waals surface area contributed by atoms with E-state index in [1.807, 2.05) is 31.2 Å². The van der Waals surface area contributed by atoms with Crippen LogP contribution in [-0.4, -0.2) is 53.0 Å². The SMILES string of the molecule is CCCn1c(=O)n(CCC(=O)N(C)[C@@H]2CCS(=O)(=O)C2)c2ccccc21.